The highest BCUT2D eigenvalue weighted by atomic mass is 32.2. The van der Waals surface area contributed by atoms with Crippen LogP contribution in [0.2, 0.25) is 0 Å². The van der Waals surface area contributed by atoms with Crippen molar-refractivity contribution in [1.82, 2.24) is 4.90 Å². The number of benzene rings is 1. The highest BCUT2D eigenvalue weighted by Crippen LogP contribution is 2.38. The van der Waals surface area contributed by atoms with Gasteiger partial charge in [0.2, 0.25) is 0 Å². The van der Waals surface area contributed by atoms with Crippen LogP contribution in [-0.2, 0) is 27.0 Å². The summed E-state index contributed by atoms with van der Waals surface area (Å²) in [6.45, 7) is 10.7. The quantitative estimate of drug-likeness (QED) is 0.720. The zero-order valence-corrected chi connectivity index (χ0v) is 19.4. The molecule has 1 N–H and O–H groups in total. The van der Waals surface area contributed by atoms with Gasteiger partial charge in [-0.3, -0.25) is 0 Å². The highest BCUT2D eigenvalue weighted by Gasteiger charge is 2.48. The molecular formula is C21H31FN2O5S. The molecule has 1 aromatic carbocycles. The second-order valence-electron chi connectivity index (χ2n) is 9.64. The van der Waals surface area contributed by atoms with Gasteiger partial charge in [-0.1, -0.05) is 6.07 Å². The first kappa shape index (κ1) is 24.3. The number of likely N-dealkylation sites (tertiary alicyclic amines) is 1. The van der Waals surface area contributed by atoms with Crippen LogP contribution in [0.1, 0.15) is 65.2 Å². The molecule has 1 saturated heterocycles. The number of amides is 1. The Balaban J connectivity index is 2.33. The Hall–Kier alpha value is -2.00. The summed E-state index contributed by atoms with van der Waals surface area (Å²) in [7, 11) is -3.78. The van der Waals surface area contributed by atoms with Crippen molar-refractivity contribution in [3.05, 3.63) is 34.9 Å². The third-order valence-corrected chi connectivity index (χ3v) is 6.74. The fraction of sp³-hybridized carbons (Fsp3) is 0.619. The maximum absolute atomic E-state index is 15.5. The van der Waals surface area contributed by atoms with Gasteiger partial charge in [-0.05, 0) is 77.3 Å². The van der Waals surface area contributed by atoms with Crippen molar-refractivity contribution >= 4 is 21.8 Å². The average Bonchev–Trinajstić information content (AvgIpc) is 2.55. The van der Waals surface area contributed by atoms with E-state index in [4.69, 9.17) is 4.74 Å². The van der Waals surface area contributed by atoms with E-state index in [-0.39, 0.29) is 31.0 Å². The van der Waals surface area contributed by atoms with Gasteiger partial charge in [-0.15, -0.1) is 0 Å². The number of ether oxygens (including phenoxy) is 1. The van der Waals surface area contributed by atoms with Crippen LogP contribution in [0.3, 0.4) is 0 Å². The van der Waals surface area contributed by atoms with E-state index in [9.17, 15) is 18.3 Å². The summed E-state index contributed by atoms with van der Waals surface area (Å²) >= 11 is 0. The molecule has 9 heteroatoms. The van der Waals surface area contributed by atoms with Gasteiger partial charge in [-0.25, -0.2) is 17.6 Å². The SMILES string of the molecule is CC(=NS(=O)(=O)C(C)(C)C)c1cc(CO)cc(C2(F)CN(C(=O)OC(C)(C)C)C2)c1. The molecule has 1 amide bonds. The van der Waals surface area contributed by atoms with Crippen LogP contribution in [-0.4, -0.2) is 53.7 Å². The molecule has 0 spiro atoms. The Morgan fingerprint density at radius 2 is 1.77 bits per heavy atom. The van der Waals surface area contributed by atoms with E-state index in [0.29, 0.717) is 11.1 Å². The monoisotopic (exact) mass is 442 g/mol. The van der Waals surface area contributed by atoms with Crippen LogP contribution in [0.25, 0.3) is 0 Å². The fourth-order valence-corrected chi connectivity index (χ4v) is 3.56. The van der Waals surface area contributed by atoms with Gasteiger partial charge >= 0.3 is 6.09 Å². The Morgan fingerprint density at radius 1 is 1.20 bits per heavy atom. The topological polar surface area (TPSA) is 96.3 Å². The molecule has 0 aromatic heterocycles. The van der Waals surface area contributed by atoms with E-state index in [1.165, 1.54) is 24.0 Å². The van der Waals surface area contributed by atoms with Gasteiger partial charge in [-0.2, -0.15) is 4.40 Å². The van der Waals surface area contributed by atoms with Crippen molar-refractivity contribution in [2.24, 2.45) is 4.40 Å². The Kier molecular flexibility index (Phi) is 6.41. The predicted molar refractivity (Wildman–Crippen MR) is 114 cm³/mol. The first-order chi connectivity index (χ1) is 13.5. The molecule has 0 bridgehead atoms. The molecule has 0 saturated carbocycles. The van der Waals surface area contributed by atoms with Gasteiger partial charge in [0.25, 0.3) is 10.0 Å². The lowest BCUT2D eigenvalue weighted by molar-refractivity contribution is -0.0538. The standard InChI is InChI=1S/C21H31FN2O5S/c1-14(23-30(27,28)20(5,6)7)16-8-15(11-25)9-17(10-16)21(22)12-24(13-21)18(26)29-19(2,3)4/h8-10,25H,11-13H2,1-7H3. The molecular weight excluding hydrogens is 411 g/mol. The van der Waals surface area contributed by atoms with Crippen molar-refractivity contribution in [2.45, 2.75) is 71.1 Å². The number of carbonyl (C=O) groups excluding carboxylic acids is 1. The number of alkyl halides is 1. The van der Waals surface area contributed by atoms with Crippen molar-refractivity contribution < 1.29 is 27.4 Å². The number of sulfonamides is 1. The van der Waals surface area contributed by atoms with Gasteiger partial charge in [0.1, 0.15) is 5.60 Å². The maximum atomic E-state index is 15.5. The zero-order valence-electron chi connectivity index (χ0n) is 18.6. The third-order valence-electron chi connectivity index (χ3n) is 4.68. The van der Waals surface area contributed by atoms with E-state index in [2.05, 4.69) is 4.40 Å². The minimum absolute atomic E-state index is 0.188. The maximum Gasteiger partial charge on any atom is 0.410 e. The van der Waals surface area contributed by atoms with E-state index < -0.39 is 32.1 Å². The largest absolute Gasteiger partial charge is 0.444 e. The van der Waals surface area contributed by atoms with E-state index in [1.807, 2.05) is 0 Å². The van der Waals surface area contributed by atoms with Gasteiger partial charge in [0.15, 0.2) is 5.67 Å². The smallest absolute Gasteiger partial charge is 0.410 e. The molecule has 1 heterocycles. The number of aliphatic hydroxyl groups excluding tert-OH is 1. The Bertz CT molecular complexity index is 953. The Morgan fingerprint density at radius 3 is 2.23 bits per heavy atom. The van der Waals surface area contributed by atoms with Gasteiger partial charge in [0, 0.05) is 0 Å². The fourth-order valence-electron chi connectivity index (χ4n) is 2.82. The summed E-state index contributed by atoms with van der Waals surface area (Å²) in [5, 5.41) is 9.59. The lowest BCUT2D eigenvalue weighted by Crippen LogP contribution is -2.59. The number of rotatable bonds is 4. The molecule has 0 atom stereocenters. The number of carbonyl (C=O) groups is 1. The molecule has 30 heavy (non-hydrogen) atoms. The molecule has 1 aliphatic heterocycles. The zero-order chi connectivity index (χ0) is 23.1. The normalized spacial score (nSPS) is 17.5. The van der Waals surface area contributed by atoms with Crippen molar-refractivity contribution in [3.63, 3.8) is 0 Å². The minimum atomic E-state index is -3.78. The van der Waals surface area contributed by atoms with E-state index in [1.54, 1.807) is 47.6 Å². The number of halogens is 1. The van der Waals surface area contributed by atoms with Crippen LogP contribution in [0, 0.1) is 0 Å². The molecule has 0 radical (unpaired) electrons. The van der Waals surface area contributed by atoms with Gasteiger partial charge in [0.05, 0.1) is 30.2 Å². The molecule has 168 valence electrons. The summed E-state index contributed by atoms with van der Waals surface area (Å²) in [5.41, 5.74) is -1.21. The molecule has 2 rings (SSSR count). The first-order valence-corrected chi connectivity index (χ1v) is 11.2. The number of hydrogen-bond donors (Lipinski definition) is 1. The second-order valence-corrected chi connectivity index (χ2v) is 12.0. The third kappa shape index (κ3) is 5.37. The van der Waals surface area contributed by atoms with Crippen LogP contribution in [0.5, 0.6) is 0 Å². The van der Waals surface area contributed by atoms with Crippen LogP contribution in [0.15, 0.2) is 22.6 Å². The molecule has 1 aliphatic rings. The minimum Gasteiger partial charge on any atom is -0.444 e. The lowest BCUT2D eigenvalue weighted by atomic mass is 9.86. The average molecular weight is 443 g/mol. The van der Waals surface area contributed by atoms with Crippen molar-refractivity contribution in [1.29, 1.82) is 0 Å². The summed E-state index contributed by atoms with van der Waals surface area (Å²) in [6.07, 6.45) is -0.594. The van der Waals surface area contributed by atoms with Crippen LogP contribution >= 0.6 is 0 Å². The molecule has 7 nitrogen and oxygen atoms in total. The molecule has 0 aliphatic carbocycles. The summed E-state index contributed by atoms with van der Waals surface area (Å²) in [5.74, 6) is 0. The molecule has 1 fully saturated rings. The highest BCUT2D eigenvalue weighted by molar-refractivity contribution is 7.91. The number of nitrogens with zero attached hydrogens (tertiary/aromatic N) is 2. The second kappa shape index (κ2) is 7.92. The van der Waals surface area contributed by atoms with Crippen LogP contribution in [0.4, 0.5) is 9.18 Å². The van der Waals surface area contributed by atoms with E-state index >= 15 is 4.39 Å². The number of aliphatic hydroxyl groups is 1. The van der Waals surface area contributed by atoms with Gasteiger partial charge < -0.3 is 14.7 Å². The van der Waals surface area contributed by atoms with Crippen molar-refractivity contribution in [3.8, 4) is 0 Å². The number of hydrogen-bond acceptors (Lipinski definition) is 5. The molecule has 0 unspecified atom stereocenters. The van der Waals surface area contributed by atoms with E-state index in [0.717, 1.165) is 0 Å². The molecule has 1 aromatic rings. The summed E-state index contributed by atoms with van der Waals surface area (Å²) < 4.78 is 48.3. The summed E-state index contributed by atoms with van der Waals surface area (Å²) in [4.78, 5) is 13.4. The van der Waals surface area contributed by atoms with Crippen LogP contribution < -0.4 is 0 Å². The Labute approximate surface area is 178 Å². The summed E-state index contributed by atoms with van der Waals surface area (Å²) in [6, 6.07) is 4.61. The first-order valence-electron chi connectivity index (χ1n) is 9.71. The predicted octanol–water partition coefficient (Wildman–Crippen LogP) is 3.53. The lowest BCUT2D eigenvalue weighted by Gasteiger charge is -2.44. The van der Waals surface area contributed by atoms with Crippen molar-refractivity contribution in [2.75, 3.05) is 13.1 Å².